The van der Waals surface area contributed by atoms with E-state index in [0.717, 1.165) is 18.8 Å². The van der Waals surface area contributed by atoms with Crippen LogP contribution in [0.2, 0.25) is 0 Å². The third kappa shape index (κ3) is 3.09. The van der Waals surface area contributed by atoms with Crippen LogP contribution in [0.25, 0.3) is 0 Å². The van der Waals surface area contributed by atoms with Crippen LogP contribution in [-0.4, -0.2) is 14.6 Å². The Morgan fingerprint density at radius 2 is 2.31 bits per heavy atom. The summed E-state index contributed by atoms with van der Waals surface area (Å²) in [7, 11) is 0. The van der Waals surface area contributed by atoms with E-state index in [2.05, 4.69) is 51.8 Å². The minimum Gasteiger partial charge on any atom is -0.270 e. The Bertz CT molecular complexity index is 330. The first-order valence-corrected chi connectivity index (χ1v) is 7.30. The Kier molecular flexibility index (Phi) is 4.06. The van der Waals surface area contributed by atoms with Crippen molar-refractivity contribution >= 4 is 15.9 Å². The monoisotopic (exact) mass is 284 g/mol. The van der Waals surface area contributed by atoms with Gasteiger partial charge in [-0.2, -0.15) is 5.10 Å². The summed E-state index contributed by atoms with van der Waals surface area (Å²) < 4.78 is 2.09. The largest absolute Gasteiger partial charge is 0.270 e. The summed E-state index contributed by atoms with van der Waals surface area (Å²) in [5.74, 6) is 0.941. The SMILES string of the molecule is CCC(C)n1ccc(CCC(Br)C2CC2)n1. The minimum absolute atomic E-state index is 0.525. The van der Waals surface area contributed by atoms with Gasteiger partial charge in [-0.25, -0.2) is 0 Å². The van der Waals surface area contributed by atoms with Gasteiger partial charge in [-0.15, -0.1) is 0 Å². The Balaban J connectivity index is 1.82. The molecule has 2 atom stereocenters. The number of hydrogen-bond donors (Lipinski definition) is 0. The van der Waals surface area contributed by atoms with Gasteiger partial charge in [0.25, 0.3) is 0 Å². The highest BCUT2D eigenvalue weighted by Gasteiger charge is 2.28. The number of nitrogens with zero attached hydrogens (tertiary/aromatic N) is 2. The van der Waals surface area contributed by atoms with E-state index in [1.807, 2.05) is 0 Å². The van der Waals surface area contributed by atoms with Crippen LogP contribution in [0.15, 0.2) is 12.3 Å². The number of halogens is 1. The van der Waals surface area contributed by atoms with Crippen LogP contribution >= 0.6 is 15.9 Å². The first-order chi connectivity index (χ1) is 7.70. The summed E-state index contributed by atoms with van der Waals surface area (Å²) in [6.07, 6.45) is 8.42. The van der Waals surface area contributed by atoms with Crippen molar-refractivity contribution in [1.82, 2.24) is 9.78 Å². The Morgan fingerprint density at radius 1 is 1.56 bits per heavy atom. The third-order valence-electron chi connectivity index (χ3n) is 3.52. The fourth-order valence-electron chi connectivity index (χ4n) is 1.92. The lowest BCUT2D eigenvalue weighted by Gasteiger charge is -2.08. The van der Waals surface area contributed by atoms with Gasteiger partial charge >= 0.3 is 0 Å². The second kappa shape index (κ2) is 5.35. The molecule has 2 nitrogen and oxygen atoms in total. The van der Waals surface area contributed by atoms with Crippen LogP contribution in [0.4, 0.5) is 0 Å². The van der Waals surface area contributed by atoms with Crippen molar-refractivity contribution in [3.05, 3.63) is 18.0 Å². The van der Waals surface area contributed by atoms with E-state index in [9.17, 15) is 0 Å². The highest BCUT2D eigenvalue weighted by atomic mass is 79.9. The van der Waals surface area contributed by atoms with Crippen LogP contribution in [0.3, 0.4) is 0 Å². The normalized spacial score (nSPS) is 19.7. The molecule has 0 aliphatic heterocycles. The van der Waals surface area contributed by atoms with Gasteiger partial charge in [-0.05, 0) is 51.0 Å². The average molecular weight is 285 g/mol. The number of aromatic nitrogens is 2. The second-order valence-corrected chi connectivity index (χ2v) is 6.11. The molecule has 1 aliphatic carbocycles. The standard InChI is InChI=1S/C13H21BrN2/c1-3-10(2)16-9-8-12(15-16)6-7-13(14)11-4-5-11/h8-11,13H,3-7H2,1-2H3. The number of rotatable bonds is 6. The molecule has 90 valence electrons. The van der Waals surface area contributed by atoms with E-state index < -0.39 is 0 Å². The second-order valence-electron chi connectivity index (χ2n) is 4.94. The molecule has 3 heteroatoms. The van der Waals surface area contributed by atoms with Crippen molar-refractivity contribution in [3.8, 4) is 0 Å². The molecular weight excluding hydrogens is 264 g/mol. The van der Waals surface area contributed by atoms with E-state index in [1.54, 1.807) is 0 Å². The molecule has 0 spiro atoms. The van der Waals surface area contributed by atoms with Crippen molar-refractivity contribution in [1.29, 1.82) is 0 Å². The molecule has 1 saturated carbocycles. The molecule has 1 fully saturated rings. The summed E-state index contributed by atoms with van der Waals surface area (Å²) in [4.78, 5) is 0.709. The summed E-state index contributed by atoms with van der Waals surface area (Å²) in [5.41, 5.74) is 1.24. The van der Waals surface area contributed by atoms with Crippen LogP contribution < -0.4 is 0 Å². The first kappa shape index (κ1) is 12.2. The summed E-state index contributed by atoms with van der Waals surface area (Å²) in [6, 6.07) is 2.69. The van der Waals surface area contributed by atoms with Gasteiger partial charge in [0.05, 0.1) is 5.69 Å². The van der Waals surface area contributed by atoms with Gasteiger partial charge in [-0.3, -0.25) is 4.68 Å². The van der Waals surface area contributed by atoms with E-state index in [1.165, 1.54) is 25.0 Å². The molecule has 1 heterocycles. The van der Waals surface area contributed by atoms with Crippen LogP contribution in [0.5, 0.6) is 0 Å². The molecule has 0 saturated heterocycles. The fraction of sp³-hybridized carbons (Fsp3) is 0.769. The Hall–Kier alpha value is -0.310. The molecule has 0 N–H and O–H groups in total. The first-order valence-electron chi connectivity index (χ1n) is 6.38. The molecule has 2 rings (SSSR count). The lowest BCUT2D eigenvalue weighted by Crippen LogP contribution is -2.06. The van der Waals surface area contributed by atoms with Crippen molar-refractivity contribution in [2.75, 3.05) is 0 Å². The van der Waals surface area contributed by atoms with Gasteiger partial charge in [0, 0.05) is 17.1 Å². The van der Waals surface area contributed by atoms with Gasteiger partial charge in [-0.1, -0.05) is 22.9 Å². The zero-order chi connectivity index (χ0) is 11.5. The number of aryl methyl sites for hydroxylation is 1. The highest BCUT2D eigenvalue weighted by molar-refractivity contribution is 9.09. The maximum atomic E-state index is 4.63. The molecule has 1 aromatic heterocycles. The van der Waals surface area contributed by atoms with Crippen LogP contribution in [0.1, 0.15) is 51.3 Å². The smallest absolute Gasteiger partial charge is 0.0625 e. The quantitative estimate of drug-likeness (QED) is 0.723. The molecular formula is C13H21BrN2. The summed E-state index contributed by atoms with van der Waals surface area (Å²) in [6.45, 7) is 4.42. The molecule has 0 aromatic carbocycles. The third-order valence-corrected chi connectivity index (χ3v) is 4.72. The van der Waals surface area contributed by atoms with E-state index in [0.29, 0.717) is 10.9 Å². The number of hydrogen-bond acceptors (Lipinski definition) is 1. The van der Waals surface area contributed by atoms with Gasteiger partial charge in [0.1, 0.15) is 0 Å². The fourth-order valence-corrected chi connectivity index (χ4v) is 2.68. The molecule has 2 unspecified atom stereocenters. The highest BCUT2D eigenvalue weighted by Crippen LogP contribution is 2.38. The maximum Gasteiger partial charge on any atom is 0.0625 e. The molecule has 1 aliphatic rings. The van der Waals surface area contributed by atoms with Crippen molar-refractivity contribution in [3.63, 3.8) is 0 Å². The van der Waals surface area contributed by atoms with Crippen molar-refractivity contribution in [2.45, 2.75) is 56.8 Å². The van der Waals surface area contributed by atoms with Crippen LogP contribution in [-0.2, 0) is 6.42 Å². The lowest BCUT2D eigenvalue weighted by atomic mass is 10.1. The van der Waals surface area contributed by atoms with Gasteiger partial charge < -0.3 is 0 Å². The summed E-state index contributed by atoms with van der Waals surface area (Å²) >= 11 is 3.78. The lowest BCUT2D eigenvalue weighted by molar-refractivity contribution is 0.472. The van der Waals surface area contributed by atoms with Crippen molar-refractivity contribution in [2.24, 2.45) is 5.92 Å². The van der Waals surface area contributed by atoms with E-state index in [4.69, 9.17) is 0 Å². The molecule has 1 aromatic rings. The zero-order valence-corrected chi connectivity index (χ0v) is 11.8. The molecule has 16 heavy (non-hydrogen) atoms. The summed E-state index contributed by atoms with van der Waals surface area (Å²) in [5, 5.41) is 4.63. The average Bonchev–Trinajstić information content (AvgIpc) is 3.04. The molecule has 0 radical (unpaired) electrons. The topological polar surface area (TPSA) is 17.8 Å². The van der Waals surface area contributed by atoms with Crippen LogP contribution in [0, 0.1) is 5.92 Å². The van der Waals surface area contributed by atoms with Gasteiger partial charge in [0.2, 0.25) is 0 Å². The Labute approximate surface area is 107 Å². The van der Waals surface area contributed by atoms with Crippen molar-refractivity contribution < 1.29 is 0 Å². The zero-order valence-electron chi connectivity index (χ0n) is 10.2. The predicted molar refractivity (Wildman–Crippen MR) is 71.0 cm³/mol. The minimum atomic E-state index is 0.525. The number of alkyl halides is 1. The Morgan fingerprint density at radius 3 is 2.94 bits per heavy atom. The van der Waals surface area contributed by atoms with E-state index >= 15 is 0 Å². The van der Waals surface area contributed by atoms with E-state index in [-0.39, 0.29) is 0 Å². The molecule has 0 amide bonds. The predicted octanol–water partition coefficient (Wildman–Crippen LogP) is 3.96. The molecule has 0 bridgehead atoms. The maximum absolute atomic E-state index is 4.63. The van der Waals surface area contributed by atoms with Gasteiger partial charge in [0.15, 0.2) is 0 Å².